The normalized spacial score (nSPS) is 16.2. The van der Waals surface area contributed by atoms with Crippen LogP contribution >= 0.6 is 0 Å². The first-order chi connectivity index (χ1) is 7.93. The van der Waals surface area contributed by atoms with E-state index >= 15 is 0 Å². The third-order valence-corrected chi connectivity index (χ3v) is 3.13. The van der Waals surface area contributed by atoms with Crippen molar-refractivity contribution in [3.8, 4) is 0 Å². The van der Waals surface area contributed by atoms with E-state index < -0.39 is 11.9 Å². The fourth-order valence-electron chi connectivity index (χ4n) is 1.84. The molecule has 5 heteroatoms. The molecular formula is C12H24N2O3. The van der Waals surface area contributed by atoms with E-state index in [1.54, 1.807) is 6.92 Å². The first kappa shape index (κ1) is 15.9. The predicted molar refractivity (Wildman–Crippen MR) is 66.5 cm³/mol. The first-order valence-corrected chi connectivity index (χ1v) is 6.19. The second kappa shape index (κ2) is 8.06. The molecule has 1 amide bonds. The number of hydrogen-bond acceptors (Lipinski definition) is 3. The van der Waals surface area contributed by atoms with Crippen LogP contribution in [0.2, 0.25) is 0 Å². The van der Waals surface area contributed by atoms with E-state index in [0.29, 0.717) is 13.0 Å². The summed E-state index contributed by atoms with van der Waals surface area (Å²) in [4.78, 5) is 22.0. The van der Waals surface area contributed by atoms with E-state index in [1.165, 1.54) is 0 Å². The number of rotatable bonds is 9. The van der Waals surface area contributed by atoms with Crippen molar-refractivity contribution in [1.29, 1.82) is 0 Å². The fourth-order valence-corrected chi connectivity index (χ4v) is 1.84. The van der Waals surface area contributed by atoms with Gasteiger partial charge in [-0.25, -0.2) is 0 Å². The number of amides is 1. The number of nitrogens with one attached hydrogen (secondary N) is 1. The van der Waals surface area contributed by atoms with E-state index in [-0.39, 0.29) is 17.9 Å². The van der Waals surface area contributed by atoms with Crippen LogP contribution < -0.4 is 11.1 Å². The molecule has 0 fully saturated rings. The number of aliphatic carboxylic acids is 1. The van der Waals surface area contributed by atoms with Crippen LogP contribution in [-0.2, 0) is 9.59 Å². The van der Waals surface area contributed by atoms with Crippen LogP contribution in [-0.4, -0.2) is 29.6 Å². The van der Waals surface area contributed by atoms with Gasteiger partial charge in [0, 0.05) is 0 Å². The molecule has 1 unspecified atom stereocenters. The zero-order chi connectivity index (χ0) is 13.4. The summed E-state index contributed by atoms with van der Waals surface area (Å²) >= 11 is 0. The Morgan fingerprint density at radius 2 is 1.94 bits per heavy atom. The molecule has 0 rings (SSSR count). The summed E-state index contributed by atoms with van der Waals surface area (Å²) in [5.74, 6) is -1.55. The third kappa shape index (κ3) is 5.68. The van der Waals surface area contributed by atoms with E-state index in [0.717, 1.165) is 12.8 Å². The lowest BCUT2D eigenvalue weighted by Crippen LogP contribution is -2.44. The molecule has 0 radical (unpaired) electrons. The SMILES string of the molecule is CCCC(CN[C@@H](CC)C(N)=O)[C@@H](C)C(=O)O. The minimum absolute atomic E-state index is 0.0332. The number of carbonyl (C=O) groups is 2. The Labute approximate surface area is 103 Å². The standard InChI is InChI=1S/C12H24N2O3/c1-4-6-9(8(3)12(16)17)7-14-10(5-2)11(13)15/h8-10,14H,4-7H2,1-3H3,(H2,13,15)(H,16,17)/t8-,9?,10+/m1/s1. The summed E-state index contributed by atoms with van der Waals surface area (Å²) in [6.07, 6.45) is 2.38. The smallest absolute Gasteiger partial charge is 0.306 e. The van der Waals surface area contributed by atoms with Crippen molar-refractivity contribution in [2.45, 2.75) is 46.1 Å². The van der Waals surface area contributed by atoms with Crippen molar-refractivity contribution in [3.63, 3.8) is 0 Å². The van der Waals surface area contributed by atoms with Gasteiger partial charge >= 0.3 is 5.97 Å². The van der Waals surface area contributed by atoms with Gasteiger partial charge in [0.15, 0.2) is 0 Å². The van der Waals surface area contributed by atoms with E-state index in [4.69, 9.17) is 10.8 Å². The monoisotopic (exact) mass is 244 g/mol. The molecule has 0 aromatic rings. The molecule has 0 saturated heterocycles. The molecule has 0 spiro atoms. The predicted octanol–water partition coefficient (Wildman–Crippen LogP) is 0.977. The molecule has 17 heavy (non-hydrogen) atoms. The van der Waals surface area contributed by atoms with Gasteiger partial charge in [-0.3, -0.25) is 9.59 Å². The largest absolute Gasteiger partial charge is 0.481 e. The topological polar surface area (TPSA) is 92.4 Å². The Balaban J connectivity index is 4.34. The van der Waals surface area contributed by atoms with Crippen LogP contribution in [0.25, 0.3) is 0 Å². The van der Waals surface area contributed by atoms with E-state index in [1.807, 2.05) is 13.8 Å². The molecule has 3 atom stereocenters. The van der Waals surface area contributed by atoms with E-state index in [2.05, 4.69) is 5.32 Å². The fraction of sp³-hybridized carbons (Fsp3) is 0.833. The molecule has 4 N–H and O–H groups in total. The van der Waals surface area contributed by atoms with Gasteiger partial charge in [-0.05, 0) is 25.3 Å². The quantitative estimate of drug-likeness (QED) is 0.563. The maximum absolute atomic E-state index is 11.0. The molecular weight excluding hydrogens is 220 g/mol. The highest BCUT2D eigenvalue weighted by Gasteiger charge is 2.24. The molecule has 0 bridgehead atoms. The molecule has 0 aromatic carbocycles. The van der Waals surface area contributed by atoms with Crippen molar-refractivity contribution in [1.82, 2.24) is 5.32 Å². The number of hydrogen-bond donors (Lipinski definition) is 3. The summed E-state index contributed by atoms with van der Waals surface area (Å²) in [5.41, 5.74) is 5.23. The number of carbonyl (C=O) groups excluding carboxylic acids is 1. The van der Waals surface area contributed by atoms with Crippen molar-refractivity contribution >= 4 is 11.9 Å². The Hall–Kier alpha value is -1.10. The van der Waals surface area contributed by atoms with Gasteiger partial charge in [-0.15, -0.1) is 0 Å². The molecule has 0 aliphatic carbocycles. The zero-order valence-corrected chi connectivity index (χ0v) is 10.9. The average Bonchev–Trinajstić information content (AvgIpc) is 2.26. The number of carboxylic acid groups (broad SMARTS) is 1. The second-order valence-corrected chi connectivity index (χ2v) is 4.45. The van der Waals surface area contributed by atoms with Crippen molar-refractivity contribution in [2.24, 2.45) is 17.6 Å². The Kier molecular flexibility index (Phi) is 7.54. The van der Waals surface area contributed by atoms with Crippen LogP contribution in [0.3, 0.4) is 0 Å². The number of primary amides is 1. The molecule has 0 heterocycles. The molecule has 0 aliphatic heterocycles. The third-order valence-electron chi connectivity index (χ3n) is 3.13. The molecule has 0 aliphatic rings. The highest BCUT2D eigenvalue weighted by Crippen LogP contribution is 2.17. The van der Waals surface area contributed by atoms with Crippen LogP contribution in [0.15, 0.2) is 0 Å². The van der Waals surface area contributed by atoms with Gasteiger partial charge in [0.25, 0.3) is 0 Å². The molecule has 100 valence electrons. The molecule has 5 nitrogen and oxygen atoms in total. The first-order valence-electron chi connectivity index (χ1n) is 6.19. The summed E-state index contributed by atoms with van der Waals surface area (Å²) in [7, 11) is 0. The number of nitrogens with two attached hydrogens (primary N) is 1. The highest BCUT2D eigenvalue weighted by atomic mass is 16.4. The van der Waals surface area contributed by atoms with Gasteiger partial charge in [-0.1, -0.05) is 27.2 Å². The summed E-state index contributed by atoms with van der Waals surface area (Å²) < 4.78 is 0. The summed E-state index contributed by atoms with van der Waals surface area (Å²) in [6, 6.07) is -0.365. The summed E-state index contributed by atoms with van der Waals surface area (Å²) in [5, 5.41) is 12.0. The van der Waals surface area contributed by atoms with Gasteiger partial charge in [0.1, 0.15) is 0 Å². The average molecular weight is 244 g/mol. The highest BCUT2D eigenvalue weighted by molar-refractivity contribution is 5.79. The molecule has 0 aromatic heterocycles. The van der Waals surface area contributed by atoms with Gasteiger partial charge in [0.05, 0.1) is 12.0 Å². The summed E-state index contributed by atoms with van der Waals surface area (Å²) in [6.45, 7) is 6.11. The van der Waals surface area contributed by atoms with Crippen molar-refractivity contribution in [3.05, 3.63) is 0 Å². The lowest BCUT2D eigenvalue weighted by Gasteiger charge is -2.23. The van der Waals surface area contributed by atoms with Crippen LogP contribution in [0.1, 0.15) is 40.0 Å². The van der Waals surface area contributed by atoms with Gasteiger partial charge in [0.2, 0.25) is 5.91 Å². The van der Waals surface area contributed by atoms with E-state index in [9.17, 15) is 9.59 Å². The maximum atomic E-state index is 11.0. The van der Waals surface area contributed by atoms with Crippen LogP contribution in [0.4, 0.5) is 0 Å². The van der Waals surface area contributed by atoms with Crippen LogP contribution in [0.5, 0.6) is 0 Å². The van der Waals surface area contributed by atoms with Gasteiger partial charge < -0.3 is 16.2 Å². The lowest BCUT2D eigenvalue weighted by molar-refractivity contribution is -0.143. The van der Waals surface area contributed by atoms with Crippen molar-refractivity contribution < 1.29 is 14.7 Å². The second-order valence-electron chi connectivity index (χ2n) is 4.45. The maximum Gasteiger partial charge on any atom is 0.306 e. The zero-order valence-electron chi connectivity index (χ0n) is 10.9. The van der Waals surface area contributed by atoms with Crippen molar-refractivity contribution in [2.75, 3.05) is 6.54 Å². The van der Waals surface area contributed by atoms with Crippen LogP contribution in [0, 0.1) is 11.8 Å². The minimum atomic E-state index is -0.794. The van der Waals surface area contributed by atoms with Gasteiger partial charge in [-0.2, -0.15) is 0 Å². The molecule has 0 saturated carbocycles. The number of carboxylic acids is 1. The lowest BCUT2D eigenvalue weighted by atomic mass is 9.89. The Morgan fingerprint density at radius 3 is 2.29 bits per heavy atom. The minimum Gasteiger partial charge on any atom is -0.481 e. The Morgan fingerprint density at radius 1 is 1.35 bits per heavy atom. The Bertz CT molecular complexity index is 256.